The van der Waals surface area contributed by atoms with E-state index in [0.29, 0.717) is 11.5 Å². The number of carbonyl (C=O) groups excluding carboxylic acids is 1. The van der Waals surface area contributed by atoms with E-state index in [1.807, 2.05) is 6.07 Å². The van der Waals surface area contributed by atoms with Crippen LogP contribution in [-0.4, -0.2) is 32.8 Å². The Morgan fingerprint density at radius 2 is 2.15 bits per heavy atom. The van der Waals surface area contributed by atoms with Gasteiger partial charge in [-0.2, -0.15) is 5.10 Å². The Bertz CT molecular complexity index is 796. The first-order valence-electron chi connectivity index (χ1n) is 5.83. The molecule has 3 rings (SSSR count). The Hall–Kier alpha value is -2.96. The first-order valence-corrected chi connectivity index (χ1v) is 5.83. The van der Waals surface area contributed by atoms with Gasteiger partial charge in [-0.15, -0.1) is 0 Å². The number of benzene rings is 1. The number of nitrogen functional groups attached to an aromatic ring is 1. The highest BCUT2D eigenvalue weighted by Crippen LogP contribution is 2.19. The zero-order valence-electron chi connectivity index (χ0n) is 10.6. The molecule has 0 aliphatic rings. The molecule has 0 bridgehead atoms. The number of fused-ring (bicyclic) bond motifs is 1. The summed E-state index contributed by atoms with van der Waals surface area (Å²) in [6.45, 7) is 0. The molecule has 7 heteroatoms. The summed E-state index contributed by atoms with van der Waals surface area (Å²) in [4.78, 5) is 19.7. The summed E-state index contributed by atoms with van der Waals surface area (Å²) in [5.74, 6) is -0.121. The molecule has 0 amide bonds. The van der Waals surface area contributed by atoms with Crippen molar-refractivity contribution in [2.24, 2.45) is 0 Å². The van der Waals surface area contributed by atoms with Crippen LogP contribution in [-0.2, 0) is 4.74 Å². The summed E-state index contributed by atoms with van der Waals surface area (Å²) in [5.41, 5.74) is 7.32. The van der Waals surface area contributed by atoms with Crippen LogP contribution in [0.2, 0.25) is 0 Å². The SMILES string of the molecule is COC(=O)c1cncc(-n2ncc3ccc(N)cc32)n1. The van der Waals surface area contributed by atoms with Gasteiger partial charge in [0.1, 0.15) is 0 Å². The molecule has 0 atom stereocenters. The summed E-state index contributed by atoms with van der Waals surface area (Å²) in [6.07, 6.45) is 4.55. The Balaban J connectivity index is 2.16. The van der Waals surface area contributed by atoms with Crippen LogP contribution in [0.4, 0.5) is 5.69 Å². The van der Waals surface area contributed by atoms with Gasteiger partial charge in [-0.25, -0.2) is 14.5 Å². The van der Waals surface area contributed by atoms with Crippen LogP contribution in [0.3, 0.4) is 0 Å². The maximum atomic E-state index is 11.5. The average molecular weight is 269 g/mol. The summed E-state index contributed by atoms with van der Waals surface area (Å²) in [7, 11) is 1.29. The van der Waals surface area contributed by atoms with E-state index in [1.165, 1.54) is 19.5 Å². The molecule has 0 saturated heterocycles. The Kier molecular flexibility index (Phi) is 2.79. The van der Waals surface area contributed by atoms with E-state index in [1.54, 1.807) is 23.0 Å². The first kappa shape index (κ1) is 12.1. The van der Waals surface area contributed by atoms with Crippen LogP contribution in [0.5, 0.6) is 0 Å². The zero-order chi connectivity index (χ0) is 14.1. The lowest BCUT2D eigenvalue weighted by Crippen LogP contribution is -2.09. The van der Waals surface area contributed by atoms with E-state index in [4.69, 9.17) is 5.73 Å². The number of methoxy groups -OCH3 is 1. The van der Waals surface area contributed by atoms with Gasteiger partial charge in [-0.3, -0.25) is 4.98 Å². The quantitative estimate of drug-likeness (QED) is 0.554. The van der Waals surface area contributed by atoms with E-state index in [9.17, 15) is 4.79 Å². The zero-order valence-corrected chi connectivity index (χ0v) is 10.6. The van der Waals surface area contributed by atoms with Crippen LogP contribution >= 0.6 is 0 Å². The van der Waals surface area contributed by atoms with Gasteiger partial charge in [0, 0.05) is 11.1 Å². The molecule has 0 fully saturated rings. The summed E-state index contributed by atoms with van der Waals surface area (Å²) in [6, 6.07) is 5.45. The normalized spacial score (nSPS) is 10.7. The number of nitrogens with two attached hydrogens (primary N) is 1. The lowest BCUT2D eigenvalue weighted by molar-refractivity contribution is 0.0593. The van der Waals surface area contributed by atoms with Crippen LogP contribution in [0.1, 0.15) is 10.5 Å². The maximum absolute atomic E-state index is 11.5. The fraction of sp³-hybridized carbons (Fsp3) is 0.0769. The minimum atomic E-state index is -0.546. The number of hydrogen-bond acceptors (Lipinski definition) is 6. The third-order valence-electron chi connectivity index (χ3n) is 2.83. The number of rotatable bonds is 2. The third kappa shape index (κ3) is 1.95. The molecular weight excluding hydrogens is 258 g/mol. The van der Waals surface area contributed by atoms with E-state index in [-0.39, 0.29) is 5.69 Å². The highest BCUT2D eigenvalue weighted by atomic mass is 16.5. The van der Waals surface area contributed by atoms with Crippen molar-refractivity contribution in [1.29, 1.82) is 0 Å². The maximum Gasteiger partial charge on any atom is 0.358 e. The number of carbonyl (C=O) groups is 1. The third-order valence-corrected chi connectivity index (χ3v) is 2.83. The lowest BCUT2D eigenvalue weighted by atomic mass is 10.2. The van der Waals surface area contributed by atoms with Crippen molar-refractivity contribution in [2.45, 2.75) is 0 Å². The minimum Gasteiger partial charge on any atom is -0.464 e. The predicted octanol–water partition coefficient (Wildman–Crippen LogP) is 1.18. The highest BCUT2D eigenvalue weighted by Gasteiger charge is 2.12. The number of nitrogens with zero attached hydrogens (tertiary/aromatic N) is 4. The van der Waals surface area contributed by atoms with Gasteiger partial charge in [0.25, 0.3) is 0 Å². The molecule has 7 nitrogen and oxygen atoms in total. The van der Waals surface area contributed by atoms with Crippen LogP contribution in [0.15, 0.2) is 36.8 Å². The summed E-state index contributed by atoms with van der Waals surface area (Å²) in [5, 5.41) is 5.16. The van der Waals surface area contributed by atoms with Crippen molar-refractivity contribution in [2.75, 3.05) is 12.8 Å². The van der Waals surface area contributed by atoms with Crippen LogP contribution < -0.4 is 5.73 Å². The Morgan fingerprint density at radius 1 is 1.30 bits per heavy atom. The van der Waals surface area contributed by atoms with Gasteiger partial charge in [-0.05, 0) is 18.2 Å². The summed E-state index contributed by atoms with van der Waals surface area (Å²) < 4.78 is 6.20. The van der Waals surface area contributed by atoms with Crippen LogP contribution in [0.25, 0.3) is 16.7 Å². The largest absolute Gasteiger partial charge is 0.464 e. The molecule has 0 aliphatic carbocycles. The molecule has 0 aliphatic heterocycles. The van der Waals surface area contributed by atoms with Gasteiger partial charge in [0.2, 0.25) is 0 Å². The fourth-order valence-corrected chi connectivity index (χ4v) is 1.88. The monoisotopic (exact) mass is 269 g/mol. The Labute approximate surface area is 114 Å². The number of esters is 1. The second-order valence-electron chi connectivity index (χ2n) is 4.13. The van der Waals surface area contributed by atoms with E-state index < -0.39 is 5.97 Å². The molecular formula is C13H11N5O2. The van der Waals surface area contributed by atoms with Crippen molar-refractivity contribution in [3.05, 3.63) is 42.5 Å². The van der Waals surface area contributed by atoms with Crippen molar-refractivity contribution >= 4 is 22.6 Å². The molecule has 0 saturated carbocycles. The second-order valence-corrected chi connectivity index (χ2v) is 4.13. The van der Waals surface area contributed by atoms with Gasteiger partial charge >= 0.3 is 5.97 Å². The second kappa shape index (κ2) is 4.61. The van der Waals surface area contributed by atoms with Gasteiger partial charge < -0.3 is 10.5 Å². The van der Waals surface area contributed by atoms with Gasteiger partial charge in [0.15, 0.2) is 11.5 Å². The molecule has 1 aromatic carbocycles. The van der Waals surface area contributed by atoms with Crippen molar-refractivity contribution in [3.8, 4) is 5.82 Å². The molecule has 2 heterocycles. The van der Waals surface area contributed by atoms with Gasteiger partial charge in [-0.1, -0.05) is 0 Å². The van der Waals surface area contributed by atoms with E-state index in [2.05, 4.69) is 19.8 Å². The van der Waals surface area contributed by atoms with Crippen LogP contribution in [0, 0.1) is 0 Å². The number of hydrogen-bond donors (Lipinski definition) is 1. The fourth-order valence-electron chi connectivity index (χ4n) is 1.88. The molecule has 3 aromatic rings. The number of anilines is 1. The number of ether oxygens (including phenoxy) is 1. The average Bonchev–Trinajstić information content (AvgIpc) is 2.89. The Morgan fingerprint density at radius 3 is 2.95 bits per heavy atom. The molecule has 2 N–H and O–H groups in total. The molecule has 2 aromatic heterocycles. The predicted molar refractivity (Wildman–Crippen MR) is 72.4 cm³/mol. The molecule has 20 heavy (non-hydrogen) atoms. The molecule has 0 unspecified atom stereocenters. The van der Waals surface area contributed by atoms with Gasteiger partial charge in [0.05, 0.1) is 31.2 Å². The topological polar surface area (TPSA) is 95.9 Å². The molecule has 0 radical (unpaired) electrons. The van der Waals surface area contributed by atoms with Crippen molar-refractivity contribution < 1.29 is 9.53 Å². The lowest BCUT2D eigenvalue weighted by Gasteiger charge is -2.04. The smallest absolute Gasteiger partial charge is 0.358 e. The highest BCUT2D eigenvalue weighted by molar-refractivity contribution is 5.87. The first-order chi connectivity index (χ1) is 9.69. The van der Waals surface area contributed by atoms with Crippen molar-refractivity contribution in [1.82, 2.24) is 19.7 Å². The molecule has 0 spiro atoms. The standard InChI is InChI=1S/C13H11N5O2/c1-20-13(19)10-6-15-7-12(17-10)18-11-4-9(14)3-2-8(11)5-16-18/h2-7H,14H2,1H3. The minimum absolute atomic E-state index is 0.123. The number of aromatic nitrogens is 4. The summed E-state index contributed by atoms with van der Waals surface area (Å²) >= 11 is 0. The van der Waals surface area contributed by atoms with Crippen molar-refractivity contribution in [3.63, 3.8) is 0 Å². The molecule has 100 valence electrons. The van der Waals surface area contributed by atoms with E-state index in [0.717, 1.165) is 10.9 Å². The van der Waals surface area contributed by atoms with E-state index >= 15 is 0 Å².